The van der Waals surface area contributed by atoms with Crippen molar-refractivity contribution in [1.82, 2.24) is 0 Å². The van der Waals surface area contributed by atoms with E-state index in [1.165, 1.54) is 16.9 Å². The molecule has 0 fully saturated rings. The first-order valence-electron chi connectivity index (χ1n) is 7.34. The Kier molecular flexibility index (Phi) is 3.79. The zero-order chi connectivity index (χ0) is 15.7. The minimum atomic E-state index is -0.0299. The number of nitrogens with zero attached hydrogens (tertiary/aromatic N) is 2. The van der Waals surface area contributed by atoms with Gasteiger partial charge in [0.2, 0.25) is 0 Å². The van der Waals surface area contributed by atoms with Crippen LogP contribution in [0.5, 0.6) is 0 Å². The van der Waals surface area contributed by atoms with Crippen LogP contribution in [0.4, 0.5) is 11.4 Å². The molecule has 3 heteroatoms. The fourth-order valence-corrected chi connectivity index (χ4v) is 3.23. The summed E-state index contributed by atoms with van der Waals surface area (Å²) in [5.41, 5.74) is 4.58. The van der Waals surface area contributed by atoms with Gasteiger partial charge in [0.05, 0.1) is 10.7 Å². The molecule has 2 aromatic carbocycles. The summed E-state index contributed by atoms with van der Waals surface area (Å²) in [6, 6.07) is 16.1. The van der Waals surface area contributed by atoms with Crippen molar-refractivity contribution < 1.29 is 0 Å². The van der Waals surface area contributed by atoms with Crippen LogP contribution in [0.15, 0.2) is 65.3 Å². The molecule has 0 unspecified atom stereocenters. The largest absolute Gasteiger partial charge is 0.347 e. The summed E-state index contributed by atoms with van der Waals surface area (Å²) in [4.78, 5) is 6.70. The van der Waals surface area contributed by atoms with Crippen molar-refractivity contribution in [2.45, 2.75) is 19.3 Å². The summed E-state index contributed by atoms with van der Waals surface area (Å²) < 4.78 is 0. The zero-order valence-electron chi connectivity index (χ0n) is 13.0. The molecule has 0 radical (unpaired) electrons. The third kappa shape index (κ3) is 2.44. The van der Waals surface area contributed by atoms with E-state index in [0.29, 0.717) is 5.02 Å². The van der Waals surface area contributed by atoms with Crippen molar-refractivity contribution in [1.29, 1.82) is 0 Å². The van der Waals surface area contributed by atoms with E-state index < -0.39 is 0 Å². The molecule has 2 aromatic rings. The Hall–Kier alpha value is -2.06. The Morgan fingerprint density at radius 2 is 1.73 bits per heavy atom. The maximum Gasteiger partial charge on any atom is 0.0815 e. The molecule has 1 aliphatic heterocycles. The van der Waals surface area contributed by atoms with Crippen LogP contribution in [0, 0.1) is 0 Å². The lowest BCUT2D eigenvalue weighted by Crippen LogP contribution is -2.22. The molecule has 2 nitrogen and oxygen atoms in total. The van der Waals surface area contributed by atoms with Crippen LogP contribution in [0.2, 0.25) is 5.02 Å². The van der Waals surface area contributed by atoms with Crippen molar-refractivity contribution in [2.24, 2.45) is 4.99 Å². The predicted molar refractivity (Wildman–Crippen MR) is 95.6 cm³/mol. The van der Waals surface area contributed by atoms with E-state index in [4.69, 9.17) is 11.6 Å². The quantitative estimate of drug-likeness (QED) is 0.682. The lowest BCUT2D eigenvalue weighted by molar-refractivity contribution is 0.641. The molecule has 0 amide bonds. The van der Waals surface area contributed by atoms with Crippen LogP contribution < -0.4 is 4.90 Å². The van der Waals surface area contributed by atoms with Gasteiger partial charge in [-0.2, -0.15) is 0 Å². The number of allylic oxidation sites excluding steroid dienone is 2. The van der Waals surface area contributed by atoms with Crippen LogP contribution in [0.1, 0.15) is 19.4 Å². The molecule has 1 aliphatic rings. The zero-order valence-corrected chi connectivity index (χ0v) is 13.8. The first-order chi connectivity index (χ1) is 10.5. The molecule has 0 aliphatic carbocycles. The van der Waals surface area contributed by atoms with Crippen LogP contribution in [-0.4, -0.2) is 13.3 Å². The van der Waals surface area contributed by atoms with Gasteiger partial charge in [0, 0.05) is 30.1 Å². The van der Waals surface area contributed by atoms with Crippen LogP contribution in [-0.2, 0) is 5.41 Å². The number of para-hydroxylation sites is 2. The highest BCUT2D eigenvalue weighted by molar-refractivity contribution is 6.33. The number of anilines is 1. The molecule has 0 saturated carbocycles. The number of benzene rings is 2. The topological polar surface area (TPSA) is 15.6 Å². The maximum atomic E-state index is 6.13. The molecule has 0 spiro atoms. The Morgan fingerprint density at radius 3 is 2.45 bits per heavy atom. The molecule has 3 rings (SSSR count). The number of hydrogen-bond donors (Lipinski definition) is 0. The fourth-order valence-electron chi connectivity index (χ4n) is 3.05. The Balaban J connectivity index is 1.94. The summed E-state index contributed by atoms with van der Waals surface area (Å²) in [7, 11) is 2.10. The van der Waals surface area contributed by atoms with Gasteiger partial charge in [-0.3, -0.25) is 4.99 Å². The lowest BCUT2D eigenvalue weighted by Gasteiger charge is -2.23. The first kappa shape index (κ1) is 14.9. The predicted octanol–water partition coefficient (Wildman–Crippen LogP) is 5.35. The van der Waals surface area contributed by atoms with Crippen molar-refractivity contribution in [3.05, 3.63) is 70.9 Å². The van der Waals surface area contributed by atoms with Gasteiger partial charge in [-0.15, -0.1) is 0 Å². The van der Waals surface area contributed by atoms with Gasteiger partial charge in [-0.1, -0.05) is 55.8 Å². The Bertz CT molecular complexity index is 760. The van der Waals surface area contributed by atoms with Crippen LogP contribution >= 0.6 is 11.6 Å². The molecule has 1 heterocycles. The number of hydrogen-bond acceptors (Lipinski definition) is 2. The fraction of sp³-hybridized carbons (Fsp3) is 0.211. The third-order valence-corrected chi connectivity index (χ3v) is 4.56. The minimum Gasteiger partial charge on any atom is -0.347 e. The van der Waals surface area contributed by atoms with Gasteiger partial charge in [0.15, 0.2) is 0 Å². The summed E-state index contributed by atoms with van der Waals surface area (Å²) in [6.07, 6.45) is 3.91. The van der Waals surface area contributed by atoms with E-state index in [1.807, 2.05) is 30.5 Å². The number of likely N-dealkylation sites (N-methyl/N-ethyl adjacent to an activating group) is 1. The van der Waals surface area contributed by atoms with Gasteiger partial charge < -0.3 is 4.90 Å². The SMILES string of the molecule is CN1/C(=C\C=Nc2ccccc2Cl)C(C)(C)c2ccccc21. The van der Waals surface area contributed by atoms with Crippen molar-refractivity contribution in [3.63, 3.8) is 0 Å². The number of aliphatic imine (C=N–C) groups is 1. The molecule has 0 N–H and O–H groups in total. The van der Waals surface area contributed by atoms with Crippen molar-refractivity contribution in [3.8, 4) is 0 Å². The van der Waals surface area contributed by atoms with Crippen LogP contribution in [0.25, 0.3) is 0 Å². The molecule has 22 heavy (non-hydrogen) atoms. The molecule has 0 atom stereocenters. The second kappa shape index (κ2) is 5.62. The minimum absolute atomic E-state index is 0.0299. The Morgan fingerprint density at radius 1 is 1.05 bits per heavy atom. The molecule has 112 valence electrons. The maximum absolute atomic E-state index is 6.13. The van der Waals surface area contributed by atoms with Gasteiger partial charge in [0.25, 0.3) is 0 Å². The summed E-state index contributed by atoms with van der Waals surface area (Å²) >= 11 is 6.13. The highest BCUT2D eigenvalue weighted by atomic mass is 35.5. The molecule has 0 saturated heterocycles. The standard InChI is InChI=1S/C19H19ClN2/c1-19(2)14-8-4-7-11-17(14)22(3)18(19)12-13-21-16-10-6-5-9-15(16)20/h4-13H,1-3H3/b18-12-,21-13?. The van der Waals surface area contributed by atoms with E-state index in [2.05, 4.69) is 61.1 Å². The number of rotatable bonds is 2. The smallest absolute Gasteiger partial charge is 0.0815 e. The second-order valence-electron chi connectivity index (χ2n) is 5.98. The monoisotopic (exact) mass is 310 g/mol. The average molecular weight is 311 g/mol. The first-order valence-corrected chi connectivity index (χ1v) is 7.72. The highest BCUT2D eigenvalue weighted by Crippen LogP contribution is 2.46. The summed E-state index contributed by atoms with van der Waals surface area (Å²) in [5.74, 6) is 0. The summed E-state index contributed by atoms with van der Waals surface area (Å²) in [6.45, 7) is 4.48. The van der Waals surface area contributed by atoms with Crippen molar-refractivity contribution in [2.75, 3.05) is 11.9 Å². The molecule has 0 bridgehead atoms. The van der Waals surface area contributed by atoms with Gasteiger partial charge in [-0.05, 0) is 29.8 Å². The van der Waals surface area contributed by atoms with Crippen molar-refractivity contribution >= 4 is 29.2 Å². The molecular weight excluding hydrogens is 292 g/mol. The number of fused-ring (bicyclic) bond motifs is 1. The summed E-state index contributed by atoms with van der Waals surface area (Å²) in [5, 5.41) is 0.666. The van der Waals surface area contributed by atoms with Gasteiger partial charge in [-0.25, -0.2) is 0 Å². The van der Waals surface area contributed by atoms with Gasteiger partial charge >= 0.3 is 0 Å². The lowest BCUT2D eigenvalue weighted by atomic mass is 9.84. The molecule has 0 aromatic heterocycles. The van der Waals surface area contributed by atoms with E-state index in [1.54, 1.807) is 0 Å². The average Bonchev–Trinajstić information content (AvgIpc) is 2.70. The van der Waals surface area contributed by atoms with E-state index in [0.717, 1.165) is 5.69 Å². The van der Waals surface area contributed by atoms with E-state index in [-0.39, 0.29) is 5.41 Å². The third-order valence-electron chi connectivity index (χ3n) is 4.24. The van der Waals surface area contributed by atoms with Crippen LogP contribution in [0.3, 0.4) is 0 Å². The highest BCUT2D eigenvalue weighted by Gasteiger charge is 2.37. The Labute approximate surface area is 136 Å². The van der Waals surface area contributed by atoms with E-state index in [9.17, 15) is 0 Å². The van der Waals surface area contributed by atoms with Gasteiger partial charge in [0.1, 0.15) is 0 Å². The second-order valence-corrected chi connectivity index (χ2v) is 6.39. The molecular formula is C19H19ClN2. The van der Waals surface area contributed by atoms with E-state index >= 15 is 0 Å². The normalized spacial score (nSPS) is 18.2. The number of halogens is 1.